The minimum Gasteiger partial charge on any atom is -0.497 e. The van der Waals surface area contributed by atoms with Gasteiger partial charge in [-0.05, 0) is 48.4 Å². The van der Waals surface area contributed by atoms with E-state index in [-0.39, 0.29) is 12.0 Å². The number of allylic oxidation sites excluding steroid dienone is 1. The number of halogens is 1. The normalized spacial score (nSPS) is 20.3. The van der Waals surface area contributed by atoms with Crippen LogP contribution in [0.2, 0.25) is 0 Å². The van der Waals surface area contributed by atoms with Gasteiger partial charge in [-0.2, -0.15) is 0 Å². The molecule has 3 rings (SSSR count). The Morgan fingerprint density at radius 3 is 2.43 bits per heavy atom. The van der Waals surface area contributed by atoms with Gasteiger partial charge in [-0.1, -0.05) is 34.1 Å². The minimum atomic E-state index is -0.0664. The molecule has 0 bridgehead atoms. The number of benzene rings is 2. The molecule has 23 heavy (non-hydrogen) atoms. The molecule has 0 N–H and O–H groups in total. The summed E-state index contributed by atoms with van der Waals surface area (Å²) in [6, 6.07) is 16.1. The number of nitrogens with zero attached hydrogens (tertiary/aromatic N) is 1. The van der Waals surface area contributed by atoms with Crippen LogP contribution in [0.3, 0.4) is 0 Å². The number of hydrogen-bond acceptors (Lipinski definition) is 3. The van der Waals surface area contributed by atoms with Gasteiger partial charge < -0.3 is 14.4 Å². The highest BCUT2D eigenvalue weighted by Crippen LogP contribution is 2.38. The average Bonchev–Trinajstić information content (AvgIpc) is 2.62. The Balaban J connectivity index is 2.00. The van der Waals surface area contributed by atoms with E-state index in [1.165, 1.54) is 0 Å². The Morgan fingerprint density at radius 2 is 1.83 bits per heavy atom. The smallest absolute Gasteiger partial charge is 0.125 e. The van der Waals surface area contributed by atoms with Crippen LogP contribution in [0.5, 0.6) is 5.75 Å². The molecule has 2 aromatic carbocycles. The highest BCUT2D eigenvalue weighted by molar-refractivity contribution is 9.10. The fourth-order valence-electron chi connectivity index (χ4n) is 2.96. The molecule has 0 fully saturated rings. The first-order valence-corrected chi connectivity index (χ1v) is 8.32. The number of carbonyl (C=O) groups is 1. The van der Waals surface area contributed by atoms with E-state index < -0.39 is 0 Å². The lowest BCUT2D eigenvalue weighted by Crippen LogP contribution is -2.33. The van der Waals surface area contributed by atoms with E-state index in [2.05, 4.69) is 45.2 Å². The van der Waals surface area contributed by atoms with Crippen LogP contribution >= 0.6 is 15.9 Å². The van der Waals surface area contributed by atoms with Crippen molar-refractivity contribution in [2.75, 3.05) is 12.0 Å². The van der Waals surface area contributed by atoms with Crippen LogP contribution < -0.4 is 9.64 Å². The van der Waals surface area contributed by atoms with Crippen LogP contribution in [-0.4, -0.2) is 13.4 Å². The Hall–Kier alpha value is -2.07. The minimum absolute atomic E-state index is 0.000931. The van der Waals surface area contributed by atoms with E-state index in [1.807, 2.05) is 36.4 Å². The summed E-state index contributed by atoms with van der Waals surface area (Å²) in [7, 11) is 1.66. The van der Waals surface area contributed by atoms with Gasteiger partial charge in [0.1, 0.15) is 12.0 Å². The summed E-state index contributed by atoms with van der Waals surface area (Å²) in [5, 5.41) is 0. The van der Waals surface area contributed by atoms with E-state index >= 15 is 0 Å². The first-order chi connectivity index (χ1) is 11.2. The van der Waals surface area contributed by atoms with Gasteiger partial charge in [0.2, 0.25) is 0 Å². The lowest BCUT2D eigenvalue weighted by atomic mass is 9.87. The lowest BCUT2D eigenvalue weighted by molar-refractivity contribution is -0.111. The molecule has 0 radical (unpaired) electrons. The first-order valence-electron chi connectivity index (χ1n) is 7.52. The Bertz CT molecular complexity index is 694. The fraction of sp³-hybridized carbons (Fsp3) is 0.211. The second-order valence-electron chi connectivity index (χ2n) is 5.52. The highest BCUT2D eigenvalue weighted by Gasteiger charge is 2.30. The molecule has 0 saturated heterocycles. The van der Waals surface area contributed by atoms with Crippen LogP contribution in [0.25, 0.3) is 0 Å². The predicted octanol–water partition coefficient (Wildman–Crippen LogP) is 4.74. The van der Waals surface area contributed by atoms with Crippen molar-refractivity contribution in [3.63, 3.8) is 0 Å². The summed E-state index contributed by atoms with van der Waals surface area (Å²) in [5.41, 5.74) is 2.17. The lowest BCUT2D eigenvalue weighted by Gasteiger charge is -2.37. The highest BCUT2D eigenvalue weighted by atomic mass is 79.9. The summed E-state index contributed by atoms with van der Waals surface area (Å²) >= 11 is 3.47. The fourth-order valence-corrected chi connectivity index (χ4v) is 3.22. The molecule has 3 nitrogen and oxygen atoms in total. The molecule has 2 aromatic rings. The molecule has 0 unspecified atom stereocenters. The van der Waals surface area contributed by atoms with E-state index in [1.54, 1.807) is 7.11 Å². The maximum atomic E-state index is 11.6. The van der Waals surface area contributed by atoms with Crippen molar-refractivity contribution < 1.29 is 9.53 Å². The summed E-state index contributed by atoms with van der Waals surface area (Å²) in [6.07, 6.45) is 5.94. The molecule has 0 aromatic heterocycles. The van der Waals surface area contributed by atoms with E-state index in [0.717, 1.165) is 34.2 Å². The van der Waals surface area contributed by atoms with Gasteiger partial charge in [-0.25, -0.2) is 0 Å². The third kappa shape index (κ3) is 3.32. The quantitative estimate of drug-likeness (QED) is 0.727. The molecule has 118 valence electrons. The van der Waals surface area contributed by atoms with Gasteiger partial charge in [-0.3, -0.25) is 0 Å². The topological polar surface area (TPSA) is 29.5 Å². The molecule has 1 heterocycles. The van der Waals surface area contributed by atoms with Gasteiger partial charge in [0, 0.05) is 22.3 Å². The van der Waals surface area contributed by atoms with Crippen molar-refractivity contribution in [1.82, 2.24) is 0 Å². The number of methoxy groups -OCH3 is 1. The van der Waals surface area contributed by atoms with Gasteiger partial charge in [0.15, 0.2) is 0 Å². The summed E-state index contributed by atoms with van der Waals surface area (Å²) in [4.78, 5) is 13.8. The molecule has 0 spiro atoms. The number of aldehydes is 1. The first kappa shape index (κ1) is 15.8. The van der Waals surface area contributed by atoms with E-state index in [0.29, 0.717) is 0 Å². The van der Waals surface area contributed by atoms with E-state index in [9.17, 15) is 4.79 Å². The number of anilines is 1. The molecule has 1 aliphatic rings. The second-order valence-corrected chi connectivity index (χ2v) is 6.44. The summed E-state index contributed by atoms with van der Waals surface area (Å²) in [6.45, 7) is 0. The maximum Gasteiger partial charge on any atom is 0.125 e. The largest absolute Gasteiger partial charge is 0.497 e. The van der Waals surface area contributed by atoms with Crippen molar-refractivity contribution in [3.05, 3.63) is 70.8 Å². The van der Waals surface area contributed by atoms with Gasteiger partial charge in [0.25, 0.3) is 0 Å². The van der Waals surface area contributed by atoms with Crippen LogP contribution in [0.4, 0.5) is 5.69 Å². The van der Waals surface area contributed by atoms with Gasteiger partial charge >= 0.3 is 0 Å². The van der Waals surface area contributed by atoms with Crippen LogP contribution in [0.1, 0.15) is 18.0 Å². The summed E-state index contributed by atoms with van der Waals surface area (Å²) < 4.78 is 6.26. The Morgan fingerprint density at radius 1 is 1.13 bits per heavy atom. The predicted molar refractivity (Wildman–Crippen MR) is 95.7 cm³/mol. The molecule has 2 atom stereocenters. The third-order valence-electron chi connectivity index (χ3n) is 4.14. The Kier molecular flexibility index (Phi) is 4.82. The second kappa shape index (κ2) is 7.01. The third-order valence-corrected chi connectivity index (χ3v) is 4.67. The number of ether oxygens (including phenoxy) is 1. The van der Waals surface area contributed by atoms with Crippen molar-refractivity contribution >= 4 is 27.9 Å². The Labute approximate surface area is 144 Å². The molecule has 0 saturated carbocycles. The standard InChI is InChI=1S/C19H18BrNO2/c1-23-18-10-8-17(9-11-18)21-12-2-3-15(13-22)19(21)14-4-6-16(20)7-5-14/h2,4-13,15,19H,3H2,1H3/t15-,19-/m1/s1. The monoisotopic (exact) mass is 371 g/mol. The zero-order valence-corrected chi connectivity index (χ0v) is 14.4. The number of carbonyl (C=O) groups excluding carboxylic acids is 1. The van der Waals surface area contributed by atoms with Gasteiger partial charge in [0.05, 0.1) is 13.2 Å². The number of rotatable bonds is 4. The van der Waals surface area contributed by atoms with Crippen molar-refractivity contribution in [1.29, 1.82) is 0 Å². The van der Waals surface area contributed by atoms with Crippen molar-refractivity contribution in [2.24, 2.45) is 5.92 Å². The molecule has 1 aliphatic heterocycles. The zero-order chi connectivity index (χ0) is 16.2. The molecular formula is C19H18BrNO2. The van der Waals surface area contributed by atoms with E-state index in [4.69, 9.17) is 4.74 Å². The summed E-state index contributed by atoms with van der Waals surface area (Å²) in [5.74, 6) is 0.755. The van der Waals surface area contributed by atoms with Crippen molar-refractivity contribution in [3.8, 4) is 5.75 Å². The molecule has 0 amide bonds. The molecule has 4 heteroatoms. The zero-order valence-electron chi connectivity index (χ0n) is 12.9. The maximum absolute atomic E-state index is 11.6. The van der Waals surface area contributed by atoms with Crippen LogP contribution in [0, 0.1) is 5.92 Å². The molecular weight excluding hydrogens is 354 g/mol. The van der Waals surface area contributed by atoms with Gasteiger partial charge in [-0.15, -0.1) is 0 Å². The van der Waals surface area contributed by atoms with Crippen LogP contribution in [0.15, 0.2) is 65.3 Å². The average molecular weight is 372 g/mol. The number of hydrogen-bond donors (Lipinski definition) is 0. The molecule has 0 aliphatic carbocycles. The SMILES string of the molecule is COc1ccc(N2C=CC[C@H](C=O)[C@H]2c2ccc(Br)cc2)cc1. The van der Waals surface area contributed by atoms with Crippen LogP contribution in [-0.2, 0) is 4.79 Å². The van der Waals surface area contributed by atoms with Crippen molar-refractivity contribution in [2.45, 2.75) is 12.5 Å².